The molecule has 41 heteroatoms. The molecule has 4 heterocycles. The molecule has 1 aliphatic rings. The molecule has 604 valence electrons. The average Bonchev–Trinajstić information content (AvgIpc) is 1.74. The second-order valence-electron chi connectivity index (χ2n) is 21.0. The number of thiocarbonyl (C=S) groups is 1. The molecule has 0 radical (unpaired) electrons. The Morgan fingerprint density at radius 2 is 0.878 bits per heavy atom. The van der Waals surface area contributed by atoms with Crippen molar-refractivity contribution in [1.29, 1.82) is 5.41 Å². The smallest absolute Gasteiger partial charge is 0.338 e. The molecule has 0 spiro atoms. The fourth-order valence-corrected chi connectivity index (χ4v) is 9.34. The number of hydrogen-bond donors (Lipinski definition) is 11. The molecular formula is C74H68Cl8I3N17O11S2. The summed E-state index contributed by atoms with van der Waals surface area (Å²) in [5, 5.41) is 55.5. The van der Waals surface area contributed by atoms with Gasteiger partial charge in [0.15, 0.2) is 23.3 Å². The van der Waals surface area contributed by atoms with Crippen LogP contribution in [0.5, 0.6) is 0 Å². The van der Waals surface area contributed by atoms with Crippen molar-refractivity contribution < 1.29 is 53.2 Å². The van der Waals surface area contributed by atoms with E-state index < -0.39 is 41.0 Å². The fraction of sp³-hybridized carbons (Fsp3) is 0.0676. The van der Waals surface area contributed by atoms with E-state index >= 15 is 0 Å². The number of amides is 1. The number of benzene rings is 7. The van der Waals surface area contributed by atoms with Crippen molar-refractivity contribution in [2.75, 3.05) is 11.2 Å². The number of aromatic amines is 3. The van der Waals surface area contributed by atoms with Crippen LogP contribution in [-0.4, -0.2) is 136 Å². The van der Waals surface area contributed by atoms with Crippen molar-refractivity contribution in [3.05, 3.63) is 287 Å². The number of carbonyl (C=O) groups excluding carboxylic acids is 5. The summed E-state index contributed by atoms with van der Waals surface area (Å²) in [5.41, 5.74) is 23.8. The number of carbonyl (C=O) groups is 7. The zero-order chi connectivity index (χ0) is 84.0. The van der Waals surface area contributed by atoms with Gasteiger partial charge in [0.25, 0.3) is 5.91 Å². The van der Waals surface area contributed by atoms with E-state index in [4.69, 9.17) is 148 Å². The highest BCUT2D eigenvalue weighted by Gasteiger charge is 2.12. The number of amidine groups is 2. The topological polar surface area (TPSA) is 468 Å². The Balaban J connectivity index is 0.000000664. The quantitative estimate of drug-likeness (QED) is 0.00345. The largest absolute Gasteiger partial charge is 0.478 e. The Kier molecular flexibility index (Phi) is 51.8. The third-order valence-electron chi connectivity index (χ3n) is 12.2. The van der Waals surface area contributed by atoms with Crippen molar-refractivity contribution >= 4 is 268 Å². The minimum atomic E-state index is -1.23. The Labute approximate surface area is 756 Å². The fourth-order valence-electron chi connectivity index (χ4n) is 7.46. The van der Waals surface area contributed by atoms with E-state index in [0.29, 0.717) is 91.8 Å². The molecule has 15 N–H and O–H groups in total. The van der Waals surface area contributed by atoms with E-state index in [1.165, 1.54) is 42.1 Å². The van der Waals surface area contributed by atoms with Crippen molar-refractivity contribution in [2.24, 2.45) is 33.2 Å². The second kappa shape index (κ2) is 57.5. The Morgan fingerprint density at radius 3 is 1.20 bits per heavy atom. The molecule has 0 unspecified atom stereocenters. The molecule has 0 saturated carbocycles. The number of nitrogens with two attached hydrogens (primary N) is 4. The van der Waals surface area contributed by atoms with Crippen LogP contribution >= 0.6 is 187 Å². The Bertz CT molecular complexity index is 5010. The number of allylic oxidation sites excluding steroid dienone is 1. The molecule has 7 aromatic carbocycles. The van der Waals surface area contributed by atoms with Crippen molar-refractivity contribution in [3.63, 3.8) is 0 Å². The number of aromatic nitrogens is 9. The first-order valence-electron chi connectivity index (χ1n) is 31.4. The maximum absolute atomic E-state index is 11.4. The predicted molar refractivity (Wildman–Crippen MR) is 491 cm³/mol. The number of carboxylic acids is 2. The zero-order valence-corrected chi connectivity index (χ0v) is 74.5. The summed E-state index contributed by atoms with van der Waals surface area (Å²) in [7, 11) is 0. The van der Waals surface area contributed by atoms with Gasteiger partial charge >= 0.3 is 29.8 Å². The summed E-state index contributed by atoms with van der Waals surface area (Å²) in [6.07, 6.45) is 13.2. The number of ether oxygens (including phenoxy) is 2. The van der Waals surface area contributed by atoms with E-state index in [2.05, 4.69) is 88.5 Å². The van der Waals surface area contributed by atoms with Crippen molar-refractivity contribution in [1.82, 2.24) is 51.0 Å². The lowest BCUT2D eigenvalue weighted by atomic mass is 10.2. The normalized spacial score (nSPS) is 10.9. The van der Waals surface area contributed by atoms with Crippen LogP contribution in [0, 0.1) is 5.41 Å². The lowest BCUT2D eigenvalue weighted by Gasteiger charge is -2.03. The van der Waals surface area contributed by atoms with Gasteiger partial charge in [0.2, 0.25) is 5.24 Å². The van der Waals surface area contributed by atoms with Crippen LogP contribution in [-0.2, 0) is 43.0 Å². The van der Waals surface area contributed by atoms with Gasteiger partial charge in [-0.3, -0.25) is 30.3 Å². The first kappa shape index (κ1) is 104. The summed E-state index contributed by atoms with van der Waals surface area (Å²) in [5.74, 6) is 3.60. The van der Waals surface area contributed by atoms with E-state index in [1.54, 1.807) is 129 Å². The molecule has 1 aliphatic heterocycles. The number of aliphatic carboxylic acids is 2. The van der Waals surface area contributed by atoms with Gasteiger partial charge in [0.1, 0.15) is 28.3 Å². The Morgan fingerprint density at radius 1 is 0.539 bits per heavy atom. The van der Waals surface area contributed by atoms with Gasteiger partial charge in [0, 0.05) is 117 Å². The predicted octanol–water partition coefficient (Wildman–Crippen LogP) is 16.8. The SMILES string of the molecule is CC(C)OC(=O)/C=C\c1nc(-c2cccc(Cl)c2)n[nH]1.CI.CSC(=N)c1cccc(Cl)c1.I.I.NC(=NNC(=O)/C=C\C(=O)O)c1cccc(Cl)c1.NC(=S)c1cccc(Cl)c1.NN=C(N)c1cccc(Cl)c1.O=C(Cl)/C=C\c1nc(-c2cccc(Cl)c2)n[nH]1.O=C(O)/C=C\c1nc(-c2cccc(Cl)c2)n[nH]1.O=C1C=CC(=O)O1. The second-order valence-corrected chi connectivity index (χ2v) is 25.6. The van der Waals surface area contributed by atoms with Gasteiger partial charge in [-0.1, -0.05) is 201 Å². The number of rotatable bonds is 17. The molecule has 0 bridgehead atoms. The molecular weight excluding hydrogens is 2030 g/mol. The van der Waals surface area contributed by atoms with E-state index in [1.807, 2.05) is 65.8 Å². The number of nitrogens with zero attached hydrogens (tertiary/aromatic N) is 8. The number of carboxylic acid groups (broad SMARTS) is 2. The summed E-state index contributed by atoms with van der Waals surface area (Å²) in [6, 6.07) is 49.6. The van der Waals surface area contributed by atoms with E-state index in [0.717, 1.165) is 57.7 Å². The van der Waals surface area contributed by atoms with E-state index in [9.17, 15) is 33.6 Å². The molecule has 0 aliphatic carbocycles. The Hall–Kier alpha value is -9.49. The van der Waals surface area contributed by atoms with Crippen LogP contribution in [0.1, 0.15) is 53.6 Å². The number of H-pyrrole nitrogens is 3. The number of halogens is 11. The van der Waals surface area contributed by atoms with Gasteiger partial charge < -0.3 is 42.7 Å². The van der Waals surface area contributed by atoms with Crippen LogP contribution in [0.25, 0.3) is 52.4 Å². The molecule has 0 fully saturated rings. The first-order chi connectivity index (χ1) is 53.8. The third-order valence-corrected chi connectivity index (χ3v) is 14.9. The standard InChI is InChI=1S/C14H14ClN3O2.C11H7Cl2N3O.C11H10ClN3O3.C11H8ClN3O2.C8H8ClNS.C7H8ClN3.C7H6ClNS.C4H2O3.CH3I.2HI/c1-9(2)20-13(19)7-6-12-16-14(18-17-12)10-4-3-5-11(15)8-10;12-8-3-1-2-7(6-8)11-14-10(15-16-11)5-4-9(13)17;12-8-3-1-2-7(6-8)11(13)15-14-9(16)4-5-10(17)18;12-8-3-1-2-7(6-8)11-13-9(14-15-11)4-5-10(16)17;1-11-8(10)6-3-2-4-7(9)5-6;8-6-3-1-2-5(4-6)7(9)11-10;8-6-3-1-2-5(4-6)7(9)10;5-3-1-2-4(6)7-3;1-2;;/h3-9H,1-2H3,(H,16,17,18);1-6H,(H,14,15,16);1-6H,(H2,13,15)(H,14,16)(H,17,18);1-6H,(H,16,17)(H,13,14,15);2-5,10H,1H3;1-4H,10H2,(H2,9,11);1-4H,(H2,9,10);1-2H;1H3;2*1H/b7-6-;3*5-4-;;;;;;;. The number of nitrogens with one attached hydrogen (secondary N) is 5. The number of hydrogen-bond acceptors (Lipinski definition) is 21. The molecule has 3 aromatic heterocycles. The zero-order valence-electron chi connectivity index (χ0n) is 60.0. The van der Waals surface area contributed by atoms with Crippen LogP contribution in [0.3, 0.4) is 0 Å². The number of thioether (sulfide) groups is 1. The van der Waals surface area contributed by atoms with Gasteiger partial charge in [-0.05, 0) is 140 Å². The minimum Gasteiger partial charge on any atom is -0.478 e. The number of esters is 3. The minimum absolute atomic E-state index is 0. The van der Waals surface area contributed by atoms with Gasteiger partial charge in [-0.25, -0.2) is 44.4 Å². The van der Waals surface area contributed by atoms with Gasteiger partial charge in [-0.15, -0.1) is 59.7 Å². The maximum atomic E-state index is 11.4. The van der Waals surface area contributed by atoms with Crippen LogP contribution in [0.4, 0.5) is 0 Å². The van der Waals surface area contributed by atoms with E-state index in [-0.39, 0.29) is 65.7 Å². The third kappa shape index (κ3) is 44.3. The molecule has 0 saturated heterocycles. The monoisotopic (exact) mass is 2090 g/mol. The average molecular weight is 2100 g/mol. The highest BCUT2D eigenvalue weighted by atomic mass is 127. The molecule has 0 atom stereocenters. The molecule has 11 rings (SSSR count). The number of alkyl halides is 1. The first-order valence-corrected chi connectivity index (χ1v) is 38.2. The maximum Gasteiger partial charge on any atom is 0.338 e. The highest BCUT2D eigenvalue weighted by molar-refractivity contribution is 14.1. The van der Waals surface area contributed by atoms with Crippen LogP contribution in [0.2, 0.25) is 35.2 Å². The molecule has 115 heavy (non-hydrogen) atoms. The highest BCUT2D eigenvalue weighted by Crippen LogP contribution is 2.23. The summed E-state index contributed by atoms with van der Waals surface area (Å²) >= 11 is 54.0. The summed E-state index contributed by atoms with van der Waals surface area (Å²) in [4.78, 5) is 88.2. The van der Waals surface area contributed by atoms with Gasteiger partial charge in [-0.2, -0.15) is 25.5 Å². The van der Waals surface area contributed by atoms with Crippen molar-refractivity contribution in [2.45, 2.75) is 20.0 Å². The lowest BCUT2D eigenvalue weighted by molar-refractivity contribution is -0.150. The van der Waals surface area contributed by atoms with Crippen LogP contribution < -0.4 is 28.5 Å². The summed E-state index contributed by atoms with van der Waals surface area (Å²) in [6.45, 7) is 3.58. The summed E-state index contributed by atoms with van der Waals surface area (Å²) < 4.78 is 8.95. The molecule has 1 amide bonds. The lowest BCUT2D eigenvalue weighted by Crippen LogP contribution is -2.22. The van der Waals surface area contributed by atoms with Crippen molar-refractivity contribution in [3.8, 4) is 34.2 Å². The number of hydrazone groups is 2. The molecule has 10 aromatic rings. The molecule has 28 nitrogen and oxygen atoms in total. The van der Waals surface area contributed by atoms with Crippen LogP contribution in [0.15, 0.2) is 223 Å². The van der Waals surface area contributed by atoms with Gasteiger partial charge in [0.05, 0.1) is 11.1 Å². The number of cyclic esters (lactones) is 2.